The minimum atomic E-state index is -10.8. The van der Waals surface area contributed by atoms with Crippen LogP contribution < -0.4 is 0 Å². The highest BCUT2D eigenvalue weighted by Crippen LogP contribution is 3.01. The molecule has 0 radical (unpaired) electrons. The van der Waals surface area contributed by atoms with Crippen LogP contribution in [0.3, 0.4) is 0 Å². The molecule has 78 valence electrons. The minimum absolute atomic E-state index is 5.53. The van der Waals surface area contributed by atoms with Gasteiger partial charge in [-0.05, 0) is 0 Å². The standard InChI is InChI=1S/CH2F6O3S2/c2-1(11(8,9)10)12(3,4,5,6)7/h1H,(H,8,9,10). The normalized spacial score (nSPS) is 22.6. The maximum Gasteiger partial charge on any atom is 0.359 e. The summed E-state index contributed by atoms with van der Waals surface area (Å²) in [4.78, 5) is -5.53. The Morgan fingerprint density at radius 2 is 1.33 bits per heavy atom. The Labute approximate surface area is 62.8 Å². The van der Waals surface area contributed by atoms with Gasteiger partial charge in [-0.25, -0.2) is 4.39 Å². The van der Waals surface area contributed by atoms with Gasteiger partial charge >= 0.3 is 25.2 Å². The maximum absolute atomic E-state index is 11.5. The van der Waals surface area contributed by atoms with Crippen LogP contribution in [-0.4, -0.2) is 17.8 Å². The van der Waals surface area contributed by atoms with Crippen molar-refractivity contribution in [1.29, 1.82) is 0 Å². The summed E-state index contributed by atoms with van der Waals surface area (Å²) >= 11 is 0. The third-order valence-corrected chi connectivity index (χ3v) is 3.57. The van der Waals surface area contributed by atoms with E-state index < -0.39 is 25.2 Å². The molecule has 0 saturated carbocycles. The van der Waals surface area contributed by atoms with Crippen LogP contribution >= 0.6 is 10.2 Å². The summed E-state index contributed by atoms with van der Waals surface area (Å²) in [5, 5.41) is 0. The Morgan fingerprint density at radius 1 is 1.08 bits per heavy atom. The molecule has 0 aliphatic heterocycles. The van der Waals surface area contributed by atoms with E-state index >= 15 is 0 Å². The molecule has 0 aliphatic carbocycles. The van der Waals surface area contributed by atoms with Crippen molar-refractivity contribution in [3.05, 3.63) is 0 Å². The second-order valence-electron chi connectivity index (χ2n) is 1.82. The van der Waals surface area contributed by atoms with Crippen molar-refractivity contribution in [3.8, 4) is 0 Å². The zero-order valence-electron chi connectivity index (χ0n) is 4.93. The van der Waals surface area contributed by atoms with Crippen molar-refractivity contribution in [1.82, 2.24) is 0 Å². The summed E-state index contributed by atoms with van der Waals surface area (Å²) in [7, 11) is -17.3. The van der Waals surface area contributed by atoms with Gasteiger partial charge in [-0.15, -0.1) is 0 Å². The van der Waals surface area contributed by atoms with Crippen LogP contribution in [0, 0.1) is 0 Å². The lowest BCUT2D eigenvalue weighted by Gasteiger charge is -2.40. The molecule has 0 aromatic rings. The highest BCUT2D eigenvalue weighted by molar-refractivity contribution is 8.49. The molecule has 0 aromatic heterocycles. The molecule has 1 N–H and O–H groups in total. The summed E-state index contributed by atoms with van der Waals surface area (Å²) in [5.74, 6) is 0. The molecule has 0 spiro atoms. The van der Waals surface area contributed by atoms with Crippen LogP contribution in [0.1, 0.15) is 0 Å². The second kappa shape index (κ2) is 1.85. The van der Waals surface area contributed by atoms with Gasteiger partial charge in [-0.1, -0.05) is 19.4 Å². The van der Waals surface area contributed by atoms with Crippen molar-refractivity contribution in [2.24, 2.45) is 0 Å². The van der Waals surface area contributed by atoms with Crippen molar-refractivity contribution in [3.63, 3.8) is 0 Å². The van der Waals surface area contributed by atoms with Gasteiger partial charge in [0.25, 0.3) is 0 Å². The van der Waals surface area contributed by atoms with Crippen molar-refractivity contribution >= 4 is 20.3 Å². The lowest BCUT2D eigenvalue weighted by molar-refractivity contribution is 0.300. The predicted octanol–water partition coefficient (Wildman–Crippen LogP) is 2.43. The Kier molecular flexibility index (Phi) is 1.82. The van der Waals surface area contributed by atoms with E-state index in [-0.39, 0.29) is 0 Å². The summed E-state index contributed by atoms with van der Waals surface area (Å²) < 4.78 is 93.7. The highest BCUT2D eigenvalue weighted by atomic mass is 32.5. The SMILES string of the molecule is O=S(=O)(O)C(F)S(F)(F)(F)(F)F. The van der Waals surface area contributed by atoms with Crippen molar-refractivity contribution in [2.45, 2.75) is 4.84 Å². The molecule has 0 bridgehead atoms. The third kappa shape index (κ3) is 3.06. The molecule has 0 amide bonds. The monoisotopic (exact) mass is 240 g/mol. The fourth-order valence-corrected chi connectivity index (χ4v) is 2.07. The number of hydrogen-bond donors (Lipinski definition) is 1. The van der Waals surface area contributed by atoms with Gasteiger partial charge in [0.05, 0.1) is 0 Å². The van der Waals surface area contributed by atoms with Gasteiger partial charge in [0.15, 0.2) is 0 Å². The van der Waals surface area contributed by atoms with Gasteiger partial charge in [-0.2, -0.15) is 8.42 Å². The Morgan fingerprint density at radius 3 is 1.33 bits per heavy atom. The summed E-state index contributed by atoms with van der Waals surface area (Å²) in [6.07, 6.45) is 0. The van der Waals surface area contributed by atoms with E-state index in [1.807, 2.05) is 0 Å². The van der Waals surface area contributed by atoms with Gasteiger partial charge in [0.2, 0.25) is 0 Å². The first-order valence-corrected chi connectivity index (χ1v) is 5.49. The lowest BCUT2D eigenvalue weighted by atomic mass is 11.8. The number of alkyl halides is 1. The highest BCUT2D eigenvalue weighted by Gasteiger charge is 2.76. The Balaban J connectivity index is 5.42. The third-order valence-electron chi connectivity index (χ3n) is 0.584. The Bertz CT molecular complexity index is 283. The van der Waals surface area contributed by atoms with E-state index in [4.69, 9.17) is 4.55 Å². The molecule has 0 fully saturated rings. The molecule has 0 heterocycles. The summed E-state index contributed by atoms with van der Waals surface area (Å²) in [6.45, 7) is 0. The molecule has 1 atom stereocenters. The number of rotatable bonds is 2. The molecule has 11 heteroatoms. The first kappa shape index (κ1) is 11.8. The van der Waals surface area contributed by atoms with E-state index in [2.05, 4.69) is 0 Å². The summed E-state index contributed by atoms with van der Waals surface area (Å²) in [6, 6.07) is 0. The first-order chi connectivity index (χ1) is 4.64. The van der Waals surface area contributed by atoms with Crippen molar-refractivity contribution in [2.75, 3.05) is 0 Å². The van der Waals surface area contributed by atoms with E-state index in [0.717, 1.165) is 0 Å². The average molecular weight is 240 g/mol. The lowest BCUT2D eigenvalue weighted by Crippen LogP contribution is -2.28. The average Bonchev–Trinajstić information content (AvgIpc) is 1.54. The zero-order valence-corrected chi connectivity index (χ0v) is 6.56. The van der Waals surface area contributed by atoms with Crippen LogP contribution in [0.15, 0.2) is 0 Å². The van der Waals surface area contributed by atoms with Crippen LogP contribution in [0.5, 0.6) is 0 Å². The predicted molar refractivity (Wildman–Crippen MR) is 29.6 cm³/mol. The molecule has 0 aromatic carbocycles. The smallest absolute Gasteiger partial charge is 0.282 e. The van der Waals surface area contributed by atoms with Crippen molar-refractivity contribution < 1.29 is 36.8 Å². The first-order valence-electron chi connectivity index (χ1n) is 1.98. The maximum atomic E-state index is 11.5. The largest absolute Gasteiger partial charge is 0.359 e. The van der Waals surface area contributed by atoms with Crippen LogP contribution in [-0.2, 0) is 10.1 Å². The molecule has 0 saturated heterocycles. The number of halogens is 6. The fourth-order valence-electron chi connectivity index (χ4n) is 0.230. The molecule has 3 nitrogen and oxygen atoms in total. The quantitative estimate of drug-likeness (QED) is 0.595. The van der Waals surface area contributed by atoms with Crippen LogP contribution in [0.2, 0.25) is 0 Å². The fraction of sp³-hybridized carbons (Fsp3) is 1.00. The molecule has 0 rings (SSSR count). The van der Waals surface area contributed by atoms with Crippen LogP contribution in [0.4, 0.5) is 23.8 Å². The molecule has 12 heavy (non-hydrogen) atoms. The molecule has 0 aliphatic rings. The van der Waals surface area contributed by atoms with Crippen LogP contribution in [0.25, 0.3) is 0 Å². The minimum Gasteiger partial charge on any atom is -0.282 e. The van der Waals surface area contributed by atoms with Gasteiger partial charge in [-0.3, -0.25) is 4.55 Å². The van der Waals surface area contributed by atoms with E-state index in [1.54, 1.807) is 0 Å². The van der Waals surface area contributed by atoms with E-state index in [0.29, 0.717) is 0 Å². The molecular weight excluding hydrogens is 238 g/mol. The molecule has 1 unspecified atom stereocenters. The molecular formula is CH2F6O3S2. The van der Waals surface area contributed by atoms with Gasteiger partial charge in [0, 0.05) is 0 Å². The van der Waals surface area contributed by atoms with E-state index in [9.17, 15) is 32.2 Å². The van der Waals surface area contributed by atoms with Gasteiger partial charge in [0.1, 0.15) is 0 Å². The van der Waals surface area contributed by atoms with Gasteiger partial charge < -0.3 is 0 Å². The second-order valence-corrected chi connectivity index (χ2v) is 6.03. The number of hydrogen-bond acceptors (Lipinski definition) is 2. The zero-order chi connectivity index (χ0) is 10.5. The Hall–Kier alpha value is -0.160. The van der Waals surface area contributed by atoms with E-state index in [1.165, 1.54) is 0 Å². The summed E-state index contributed by atoms with van der Waals surface area (Å²) in [5.41, 5.74) is 0. The topological polar surface area (TPSA) is 54.4 Å².